The molecule has 18 heavy (non-hydrogen) atoms. The predicted octanol–water partition coefficient (Wildman–Crippen LogP) is 3.39. The lowest BCUT2D eigenvalue weighted by atomic mass is 10.2. The summed E-state index contributed by atoms with van der Waals surface area (Å²) in [5.74, 6) is 0.437. The van der Waals surface area contributed by atoms with Gasteiger partial charge < -0.3 is 10.5 Å². The van der Waals surface area contributed by atoms with Crippen molar-refractivity contribution in [3.63, 3.8) is 0 Å². The Labute approximate surface area is 117 Å². The van der Waals surface area contributed by atoms with E-state index >= 15 is 0 Å². The monoisotopic (exact) mass is 326 g/mol. The molecule has 0 saturated heterocycles. The second-order valence-corrected chi connectivity index (χ2v) is 4.77. The third kappa shape index (κ3) is 3.00. The van der Waals surface area contributed by atoms with Crippen LogP contribution in [0.25, 0.3) is 0 Å². The number of carbonyl (C=O) groups is 1. The number of amides is 1. The summed E-state index contributed by atoms with van der Waals surface area (Å²) >= 11 is 9.29. The fourth-order valence-electron chi connectivity index (χ4n) is 1.31. The minimum Gasteiger partial charge on any atom is -0.454 e. The molecule has 1 amide bonds. The quantitative estimate of drug-likeness (QED) is 0.939. The van der Waals surface area contributed by atoms with Crippen LogP contribution >= 0.6 is 27.5 Å². The number of ether oxygens (including phenoxy) is 1. The molecule has 2 N–H and O–H groups in total. The van der Waals surface area contributed by atoms with E-state index in [4.69, 9.17) is 22.1 Å². The Morgan fingerprint density at radius 3 is 2.72 bits per heavy atom. The number of rotatable bonds is 3. The van der Waals surface area contributed by atoms with E-state index in [0.29, 0.717) is 22.1 Å². The summed E-state index contributed by atoms with van der Waals surface area (Å²) in [7, 11) is 0. The Morgan fingerprint density at radius 2 is 2.11 bits per heavy atom. The van der Waals surface area contributed by atoms with Gasteiger partial charge in [0.15, 0.2) is 0 Å². The maximum atomic E-state index is 11.0. The van der Waals surface area contributed by atoms with Gasteiger partial charge in [0.05, 0.1) is 11.2 Å². The van der Waals surface area contributed by atoms with Crippen LogP contribution in [-0.2, 0) is 0 Å². The van der Waals surface area contributed by atoms with Gasteiger partial charge in [0, 0.05) is 16.2 Å². The number of primary amides is 1. The number of hydrogen-bond acceptors (Lipinski definition) is 3. The van der Waals surface area contributed by atoms with Crippen molar-refractivity contribution in [2.45, 2.75) is 0 Å². The highest BCUT2D eigenvalue weighted by Crippen LogP contribution is 2.30. The van der Waals surface area contributed by atoms with Crippen LogP contribution < -0.4 is 10.5 Å². The molecule has 1 heterocycles. The second-order valence-electron chi connectivity index (χ2n) is 3.45. The molecule has 0 aliphatic rings. The molecule has 0 aliphatic heterocycles. The zero-order chi connectivity index (χ0) is 13.1. The van der Waals surface area contributed by atoms with Crippen molar-refractivity contribution in [2.24, 2.45) is 5.73 Å². The maximum Gasteiger partial charge on any atom is 0.248 e. The van der Waals surface area contributed by atoms with Gasteiger partial charge in [-0.2, -0.15) is 0 Å². The first-order valence-electron chi connectivity index (χ1n) is 4.94. The van der Waals surface area contributed by atoms with Crippen LogP contribution in [-0.4, -0.2) is 10.9 Å². The summed E-state index contributed by atoms with van der Waals surface area (Å²) in [6.07, 6.45) is 3.20. The fraction of sp³-hybridized carbons (Fsp3) is 0. The van der Waals surface area contributed by atoms with Crippen LogP contribution in [0.1, 0.15) is 10.4 Å². The predicted molar refractivity (Wildman–Crippen MR) is 72.0 cm³/mol. The molecule has 0 fully saturated rings. The first kappa shape index (κ1) is 12.9. The molecule has 0 saturated carbocycles. The first-order chi connectivity index (χ1) is 8.56. The van der Waals surface area contributed by atoms with Gasteiger partial charge in [0.25, 0.3) is 0 Å². The molecular formula is C12H8BrClN2O2. The molecule has 4 nitrogen and oxygen atoms in total. The van der Waals surface area contributed by atoms with Crippen LogP contribution in [0, 0.1) is 0 Å². The maximum absolute atomic E-state index is 11.0. The Morgan fingerprint density at radius 1 is 1.33 bits per heavy atom. The van der Waals surface area contributed by atoms with Crippen LogP contribution in [0.4, 0.5) is 0 Å². The molecule has 0 radical (unpaired) electrons. The summed E-state index contributed by atoms with van der Waals surface area (Å²) in [5, 5.41) is 0.311. The molecule has 0 aliphatic carbocycles. The van der Waals surface area contributed by atoms with E-state index in [1.54, 1.807) is 30.6 Å². The topological polar surface area (TPSA) is 65.2 Å². The van der Waals surface area contributed by atoms with Gasteiger partial charge in [-0.05, 0) is 40.2 Å². The number of carbonyl (C=O) groups excluding carboxylic acids is 1. The van der Waals surface area contributed by atoms with Crippen molar-refractivity contribution < 1.29 is 9.53 Å². The number of nitrogens with zero attached hydrogens (tertiary/aromatic N) is 1. The Bertz CT molecular complexity index is 604. The highest BCUT2D eigenvalue weighted by molar-refractivity contribution is 9.10. The van der Waals surface area contributed by atoms with Gasteiger partial charge in [-0.25, -0.2) is 0 Å². The molecule has 2 aromatic rings. The average Bonchev–Trinajstić information content (AvgIpc) is 2.31. The van der Waals surface area contributed by atoms with E-state index in [0.717, 1.165) is 4.47 Å². The van der Waals surface area contributed by atoms with Crippen LogP contribution in [0.2, 0.25) is 5.02 Å². The minimum atomic E-state index is -0.535. The van der Waals surface area contributed by atoms with Crippen molar-refractivity contribution in [3.05, 3.63) is 51.7 Å². The fourth-order valence-corrected chi connectivity index (χ4v) is 1.87. The van der Waals surface area contributed by atoms with Crippen molar-refractivity contribution in [1.29, 1.82) is 0 Å². The summed E-state index contributed by atoms with van der Waals surface area (Å²) in [4.78, 5) is 14.9. The van der Waals surface area contributed by atoms with Crippen LogP contribution in [0.3, 0.4) is 0 Å². The van der Waals surface area contributed by atoms with Crippen molar-refractivity contribution in [1.82, 2.24) is 4.98 Å². The molecule has 0 unspecified atom stereocenters. The highest BCUT2D eigenvalue weighted by atomic mass is 79.9. The normalized spacial score (nSPS) is 10.1. The Balaban J connectivity index is 2.27. The molecular weight excluding hydrogens is 320 g/mol. The van der Waals surface area contributed by atoms with Crippen LogP contribution in [0.5, 0.6) is 11.5 Å². The lowest BCUT2D eigenvalue weighted by Crippen LogP contribution is -2.10. The summed E-state index contributed by atoms with van der Waals surface area (Å²) in [6.45, 7) is 0. The standard InChI is InChI=1S/C12H8BrClN2O2/c13-8-4-9(6-16-5-8)18-11-2-1-7(12(15)17)3-10(11)14/h1-6H,(H2,15,17). The van der Waals surface area contributed by atoms with Gasteiger partial charge in [0.1, 0.15) is 11.5 Å². The van der Waals surface area contributed by atoms with Gasteiger partial charge in [-0.1, -0.05) is 11.6 Å². The summed E-state index contributed by atoms with van der Waals surface area (Å²) in [5.41, 5.74) is 5.48. The third-order valence-corrected chi connectivity index (χ3v) is 2.85. The highest BCUT2D eigenvalue weighted by Gasteiger charge is 2.07. The van der Waals surface area contributed by atoms with E-state index < -0.39 is 5.91 Å². The lowest BCUT2D eigenvalue weighted by Gasteiger charge is -2.08. The minimum absolute atomic E-state index is 0.311. The zero-order valence-electron chi connectivity index (χ0n) is 9.06. The third-order valence-electron chi connectivity index (χ3n) is 2.12. The van der Waals surface area contributed by atoms with Crippen LogP contribution in [0.15, 0.2) is 41.1 Å². The molecule has 6 heteroatoms. The first-order valence-corrected chi connectivity index (χ1v) is 6.11. The Hall–Kier alpha value is -1.59. The second kappa shape index (κ2) is 5.37. The van der Waals surface area contributed by atoms with Gasteiger partial charge in [-0.3, -0.25) is 9.78 Å². The van der Waals surface area contributed by atoms with Gasteiger partial charge in [0.2, 0.25) is 5.91 Å². The SMILES string of the molecule is NC(=O)c1ccc(Oc2cncc(Br)c2)c(Cl)c1. The molecule has 2 rings (SSSR count). The molecule has 0 spiro atoms. The number of pyridine rings is 1. The smallest absolute Gasteiger partial charge is 0.248 e. The summed E-state index contributed by atoms with van der Waals surface area (Å²) < 4.78 is 6.34. The average molecular weight is 328 g/mol. The van der Waals surface area contributed by atoms with E-state index in [9.17, 15) is 4.79 Å². The van der Waals surface area contributed by atoms with Gasteiger partial charge in [-0.15, -0.1) is 0 Å². The number of nitrogens with two attached hydrogens (primary N) is 1. The van der Waals surface area contributed by atoms with E-state index in [-0.39, 0.29) is 0 Å². The molecule has 1 aromatic heterocycles. The van der Waals surface area contributed by atoms with Gasteiger partial charge >= 0.3 is 0 Å². The molecule has 0 bridgehead atoms. The number of hydrogen-bond donors (Lipinski definition) is 1. The number of aromatic nitrogens is 1. The van der Waals surface area contributed by atoms with Crippen molar-refractivity contribution in [2.75, 3.05) is 0 Å². The zero-order valence-corrected chi connectivity index (χ0v) is 11.4. The van der Waals surface area contributed by atoms with E-state index in [2.05, 4.69) is 20.9 Å². The largest absolute Gasteiger partial charge is 0.454 e. The lowest BCUT2D eigenvalue weighted by molar-refractivity contribution is 0.100. The molecule has 0 atom stereocenters. The summed E-state index contributed by atoms with van der Waals surface area (Å²) in [6, 6.07) is 6.36. The van der Waals surface area contributed by atoms with E-state index in [1.165, 1.54) is 6.07 Å². The molecule has 1 aromatic carbocycles. The number of halogens is 2. The van der Waals surface area contributed by atoms with Crippen molar-refractivity contribution >= 4 is 33.4 Å². The Kier molecular flexibility index (Phi) is 3.84. The van der Waals surface area contributed by atoms with Crippen molar-refractivity contribution in [3.8, 4) is 11.5 Å². The number of benzene rings is 1. The molecule has 92 valence electrons. The van der Waals surface area contributed by atoms with E-state index in [1.807, 2.05) is 0 Å².